The van der Waals surface area contributed by atoms with Gasteiger partial charge in [0.05, 0.1) is 29.1 Å². The van der Waals surface area contributed by atoms with E-state index in [1.807, 2.05) is 30.4 Å². The molecule has 7 rings (SSSR count). The zero-order chi connectivity index (χ0) is 35.0. The molecular formula is C35H40FN5O7S2. The van der Waals surface area contributed by atoms with Crippen molar-refractivity contribution in [1.29, 1.82) is 0 Å². The van der Waals surface area contributed by atoms with Crippen LogP contribution in [-0.2, 0) is 24.4 Å². The molecule has 50 heavy (non-hydrogen) atoms. The fourth-order valence-electron chi connectivity index (χ4n) is 6.83. The summed E-state index contributed by atoms with van der Waals surface area (Å²) >= 11 is 1.17. The summed E-state index contributed by atoms with van der Waals surface area (Å²) in [6.45, 7) is 0.0656. The highest BCUT2D eigenvalue weighted by Gasteiger charge is 2.62. The number of aromatic nitrogens is 1. The Morgan fingerprint density at radius 2 is 1.96 bits per heavy atom. The molecule has 3 N–H and O–H groups in total. The van der Waals surface area contributed by atoms with E-state index in [0.717, 1.165) is 25.7 Å². The Labute approximate surface area is 293 Å². The number of hydrogen-bond acceptors (Lipinski definition) is 10. The molecule has 5 atom stereocenters. The molecule has 2 saturated carbocycles. The standard InChI is InChI=1S/C35H40FN5O7S2/c1-47-24-10-7-9-23(17-24)37-28-11-6-4-2-3-5-8-21-19-35(21,33(44)40-50(45,46)26-13-14-26)39-31(42)29-18-25(20-41(29)32(28)43)48-34-38-27-15-12-22(36)16-30(27)49-34/h5,7-10,12,15-17,21,25-26,28-29,37H,2-4,6,11,13-14,18-20H2,1H3,(H,39,42)(H,40,44)/b8-5-/t21-,25+,28-,29-,35+/m0/s1. The van der Waals surface area contributed by atoms with Crippen LogP contribution in [0.2, 0.25) is 0 Å². The van der Waals surface area contributed by atoms with Crippen molar-refractivity contribution in [3.05, 3.63) is 60.4 Å². The van der Waals surface area contributed by atoms with Crippen molar-refractivity contribution < 1.29 is 36.7 Å². The molecule has 0 radical (unpaired) electrons. The summed E-state index contributed by atoms with van der Waals surface area (Å²) in [6, 6.07) is 9.83. The topological polar surface area (TPSA) is 156 Å². The SMILES string of the molecule is COc1cccc(N[C@H]2CCCCC/C=C\[C@H]3C[C@@]3(C(=O)NS(=O)(=O)C3CC3)NC(=O)[C@@H]3C[C@@H](Oc4nc5ccc(F)cc5s4)CN3C2=O)c1. The second kappa shape index (κ2) is 13.8. The summed E-state index contributed by atoms with van der Waals surface area (Å²) < 4.78 is 53.9. The molecule has 4 aliphatic rings. The van der Waals surface area contributed by atoms with E-state index in [1.165, 1.54) is 28.4 Å². The Morgan fingerprint density at radius 3 is 2.76 bits per heavy atom. The Morgan fingerprint density at radius 1 is 1.12 bits per heavy atom. The maximum atomic E-state index is 14.5. The van der Waals surface area contributed by atoms with E-state index in [1.54, 1.807) is 19.2 Å². The molecule has 2 aliphatic carbocycles. The van der Waals surface area contributed by atoms with Crippen LogP contribution < -0.4 is 24.8 Å². The molecule has 1 aromatic heterocycles. The van der Waals surface area contributed by atoms with E-state index in [9.17, 15) is 27.2 Å². The highest BCUT2D eigenvalue weighted by atomic mass is 32.2. The molecule has 2 aromatic carbocycles. The molecule has 15 heteroatoms. The van der Waals surface area contributed by atoms with Gasteiger partial charge in [0, 0.05) is 24.1 Å². The molecule has 266 valence electrons. The molecule has 1 saturated heterocycles. The van der Waals surface area contributed by atoms with Gasteiger partial charge in [0.2, 0.25) is 21.8 Å². The summed E-state index contributed by atoms with van der Waals surface area (Å²) in [4.78, 5) is 48.3. The van der Waals surface area contributed by atoms with Gasteiger partial charge in [0.25, 0.3) is 11.1 Å². The Bertz CT molecular complexity index is 1930. The summed E-state index contributed by atoms with van der Waals surface area (Å²) in [5, 5.41) is 5.93. The summed E-state index contributed by atoms with van der Waals surface area (Å²) in [5.74, 6) is -1.80. The molecule has 3 amide bonds. The quantitative estimate of drug-likeness (QED) is 0.289. The van der Waals surface area contributed by atoms with E-state index < -0.39 is 62.5 Å². The molecule has 2 aliphatic heterocycles. The fourth-order valence-corrected chi connectivity index (χ4v) is 9.10. The van der Waals surface area contributed by atoms with Crippen molar-refractivity contribution in [2.24, 2.45) is 5.92 Å². The van der Waals surface area contributed by atoms with Crippen molar-refractivity contribution in [3.63, 3.8) is 0 Å². The van der Waals surface area contributed by atoms with Gasteiger partial charge in [-0.05, 0) is 68.9 Å². The first-order valence-corrected chi connectivity index (χ1v) is 19.4. The lowest BCUT2D eigenvalue weighted by atomic mass is 10.0. The minimum Gasteiger partial charge on any atom is -0.497 e. The number of halogens is 1. The molecule has 0 bridgehead atoms. The smallest absolute Gasteiger partial charge is 0.274 e. The van der Waals surface area contributed by atoms with E-state index in [-0.39, 0.29) is 30.5 Å². The first kappa shape index (κ1) is 34.2. The third kappa shape index (κ3) is 7.29. The molecule has 0 unspecified atom stereocenters. The summed E-state index contributed by atoms with van der Waals surface area (Å²) in [7, 11) is -2.30. The largest absolute Gasteiger partial charge is 0.497 e. The predicted octanol–water partition coefficient (Wildman–Crippen LogP) is 4.28. The molecule has 3 aromatic rings. The average Bonchev–Trinajstić information content (AvgIpc) is 3.98. The lowest BCUT2D eigenvalue weighted by Gasteiger charge is -2.30. The van der Waals surface area contributed by atoms with Crippen molar-refractivity contribution >= 4 is 55.0 Å². The van der Waals surface area contributed by atoms with Crippen LogP contribution in [-0.4, -0.2) is 78.7 Å². The average molecular weight is 726 g/mol. The van der Waals surface area contributed by atoms with E-state index >= 15 is 0 Å². The molecule has 12 nitrogen and oxygen atoms in total. The second-order valence-electron chi connectivity index (χ2n) is 13.5. The highest BCUT2D eigenvalue weighted by molar-refractivity contribution is 7.91. The Balaban J connectivity index is 1.18. The highest BCUT2D eigenvalue weighted by Crippen LogP contribution is 2.46. The zero-order valence-electron chi connectivity index (χ0n) is 27.6. The third-order valence-electron chi connectivity index (χ3n) is 9.85. The zero-order valence-corrected chi connectivity index (χ0v) is 29.2. The van der Waals surface area contributed by atoms with E-state index in [0.29, 0.717) is 40.9 Å². The number of rotatable bonds is 8. The number of benzene rings is 2. The van der Waals surface area contributed by atoms with Crippen molar-refractivity contribution in [2.75, 3.05) is 19.0 Å². The van der Waals surface area contributed by atoms with Gasteiger partial charge in [-0.15, -0.1) is 0 Å². The van der Waals surface area contributed by atoms with Gasteiger partial charge in [0.1, 0.15) is 35.3 Å². The Kier molecular flexibility index (Phi) is 9.46. The number of allylic oxidation sites excluding steroid dienone is 1. The van der Waals surface area contributed by atoms with Gasteiger partial charge >= 0.3 is 0 Å². The number of nitrogens with one attached hydrogen (secondary N) is 3. The molecule has 0 spiro atoms. The predicted molar refractivity (Wildman–Crippen MR) is 186 cm³/mol. The first-order chi connectivity index (χ1) is 24.0. The third-order valence-corrected chi connectivity index (χ3v) is 12.6. The summed E-state index contributed by atoms with van der Waals surface area (Å²) in [5.41, 5.74) is -0.206. The number of methoxy groups -OCH3 is 1. The van der Waals surface area contributed by atoms with E-state index in [2.05, 4.69) is 20.3 Å². The number of anilines is 1. The number of carbonyl (C=O) groups excluding carboxylic acids is 3. The normalized spacial score (nSPS) is 28.0. The lowest BCUT2D eigenvalue weighted by molar-refractivity contribution is -0.140. The van der Waals surface area contributed by atoms with Gasteiger partial charge in [0.15, 0.2) is 0 Å². The monoisotopic (exact) mass is 725 g/mol. The maximum Gasteiger partial charge on any atom is 0.274 e. The minimum atomic E-state index is -3.86. The van der Waals surface area contributed by atoms with Crippen molar-refractivity contribution in [2.45, 2.75) is 86.8 Å². The van der Waals surface area contributed by atoms with Crippen LogP contribution in [0.5, 0.6) is 10.9 Å². The Hall–Kier alpha value is -4.24. The second-order valence-corrected chi connectivity index (χ2v) is 16.5. The van der Waals surface area contributed by atoms with Crippen LogP contribution in [0.25, 0.3) is 10.2 Å². The van der Waals surface area contributed by atoms with Gasteiger partial charge in [-0.2, -0.15) is 0 Å². The van der Waals surface area contributed by atoms with Crippen molar-refractivity contribution in [1.82, 2.24) is 19.9 Å². The van der Waals surface area contributed by atoms with Gasteiger partial charge in [-0.1, -0.05) is 42.4 Å². The van der Waals surface area contributed by atoms with Crippen LogP contribution in [0, 0.1) is 11.7 Å². The number of fused-ring (bicyclic) bond motifs is 3. The number of ether oxygens (including phenoxy) is 2. The van der Waals surface area contributed by atoms with Gasteiger partial charge in [-0.3, -0.25) is 19.1 Å². The number of thiazole rings is 1. The number of hydrogen-bond donors (Lipinski definition) is 3. The lowest BCUT2D eigenvalue weighted by Crippen LogP contribution is -2.57. The van der Waals surface area contributed by atoms with Crippen LogP contribution in [0.1, 0.15) is 57.8 Å². The number of amides is 3. The van der Waals surface area contributed by atoms with Crippen LogP contribution >= 0.6 is 11.3 Å². The summed E-state index contributed by atoms with van der Waals surface area (Å²) in [6.07, 6.45) is 8.27. The molecular weight excluding hydrogens is 686 g/mol. The number of carbonyl (C=O) groups is 3. The minimum absolute atomic E-state index is 0.0656. The van der Waals surface area contributed by atoms with Crippen molar-refractivity contribution in [3.8, 4) is 10.9 Å². The number of sulfonamides is 1. The van der Waals surface area contributed by atoms with Crippen LogP contribution in [0.15, 0.2) is 54.6 Å². The number of nitrogens with zero attached hydrogens (tertiary/aromatic N) is 2. The first-order valence-electron chi connectivity index (χ1n) is 17.0. The van der Waals surface area contributed by atoms with Gasteiger partial charge < -0.3 is 25.0 Å². The molecule has 3 heterocycles. The van der Waals surface area contributed by atoms with Crippen LogP contribution in [0.3, 0.4) is 0 Å². The van der Waals surface area contributed by atoms with Crippen LogP contribution in [0.4, 0.5) is 10.1 Å². The fraction of sp³-hybridized carbons (Fsp3) is 0.486. The van der Waals surface area contributed by atoms with Gasteiger partial charge in [-0.25, -0.2) is 17.8 Å². The van der Waals surface area contributed by atoms with E-state index in [4.69, 9.17) is 9.47 Å². The molecule has 3 fully saturated rings. The maximum absolute atomic E-state index is 14.5.